The van der Waals surface area contributed by atoms with Gasteiger partial charge < -0.3 is 75.0 Å². The molecular formula is C87H99N5O11. The largest absolute Gasteiger partial charge is 0.507 e. The number of aryl methyl sites for hydroxylation is 3. The number of rotatable bonds is 32. The number of nitrogens with one attached hydrogen (secondary N) is 2. The molecule has 3 atom stereocenters. The van der Waals surface area contributed by atoms with E-state index < -0.39 is 18.3 Å². The summed E-state index contributed by atoms with van der Waals surface area (Å²) >= 11 is 0. The van der Waals surface area contributed by atoms with Crippen molar-refractivity contribution in [1.82, 2.24) is 24.3 Å². The molecule has 0 fully saturated rings. The van der Waals surface area contributed by atoms with Crippen molar-refractivity contribution in [3.63, 3.8) is 0 Å². The fourth-order valence-electron chi connectivity index (χ4n) is 13.3. The summed E-state index contributed by atoms with van der Waals surface area (Å²) in [4.78, 5) is 12.3. The highest BCUT2D eigenvalue weighted by atomic mass is 16.5. The minimum absolute atomic E-state index is 0.0609. The Kier molecular flexibility index (Phi) is 27.5. The Bertz CT molecular complexity index is 4470. The number of phenols is 6. The van der Waals surface area contributed by atoms with Crippen molar-refractivity contribution in [2.75, 3.05) is 19.7 Å². The average molecular weight is 1390 g/mol. The van der Waals surface area contributed by atoms with Crippen LogP contribution in [-0.4, -0.2) is 104 Å². The first-order valence-corrected chi connectivity index (χ1v) is 36.1. The monoisotopic (exact) mass is 1390 g/mol. The first-order chi connectivity index (χ1) is 50.1. The number of aliphatic hydroxyl groups is 3. The second kappa shape index (κ2) is 37.5. The van der Waals surface area contributed by atoms with Crippen LogP contribution < -0.4 is 10.6 Å². The van der Waals surface area contributed by atoms with Crippen LogP contribution in [0.15, 0.2) is 219 Å². The van der Waals surface area contributed by atoms with Crippen LogP contribution in [0.1, 0.15) is 131 Å². The number of para-hydroxylation sites is 3. The second-order valence-electron chi connectivity index (χ2n) is 26.7. The molecule has 16 heteroatoms. The van der Waals surface area contributed by atoms with Gasteiger partial charge in [0, 0.05) is 95.8 Å². The molecule has 538 valence electrons. The molecule has 1 amide bonds. The molecule has 0 saturated heterocycles. The molecule has 11 N–H and O–H groups in total. The fraction of sp³-hybridized carbons (Fsp3) is 0.299. The Morgan fingerprint density at radius 2 is 0.748 bits per heavy atom. The number of hydrogen-bond acceptors (Lipinski definition) is 12. The Morgan fingerprint density at radius 3 is 1.15 bits per heavy atom. The minimum Gasteiger partial charge on any atom is -0.507 e. The van der Waals surface area contributed by atoms with Gasteiger partial charge in [-0.15, -0.1) is 0 Å². The summed E-state index contributed by atoms with van der Waals surface area (Å²) in [6.45, 7) is 9.41. The maximum atomic E-state index is 12.3. The topological polar surface area (TPSA) is 247 Å². The lowest BCUT2D eigenvalue weighted by Crippen LogP contribution is -2.33. The number of phenolic OH excluding ortho intramolecular Hbond substituents is 6. The van der Waals surface area contributed by atoms with Crippen molar-refractivity contribution < 1.29 is 55.5 Å². The van der Waals surface area contributed by atoms with Gasteiger partial charge in [-0.25, -0.2) is 0 Å². The van der Waals surface area contributed by atoms with Gasteiger partial charge in [0.1, 0.15) is 34.5 Å². The van der Waals surface area contributed by atoms with Gasteiger partial charge in [-0.3, -0.25) is 4.79 Å². The predicted molar refractivity (Wildman–Crippen MR) is 410 cm³/mol. The Balaban J connectivity index is 0.000000166. The van der Waals surface area contributed by atoms with E-state index in [1.54, 1.807) is 54.6 Å². The van der Waals surface area contributed by atoms with E-state index in [0.29, 0.717) is 80.8 Å². The third kappa shape index (κ3) is 20.3. The summed E-state index contributed by atoms with van der Waals surface area (Å²) in [5, 5.41) is 105. The number of amides is 1. The Morgan fingerprint density at radius 1 is 0.398 bits per heavy atom. The number of fused-ring (bicyclic) bond motifs is 3. The molecule has 0 unspecified atom stereocenters. The van der Waals surface area contributed by atoms with Crippen LogP contribution in [0, 0.1) is 0 Å². The maximum Gasteiger partial charge on any atom is 0.251 e. The van der Waals surface area contributed by atoms with Crippen molar-refractivity contribution in [2.45, 2.75) is 149 Å². The molecule has 0 spiro atoms. The highest BCUT2D eigenvalue weighted by Crippen LogP contribution is 2.38. The summed E-state index contributed by atoms with van der Waals surface area (Å²) in [7, 11) is 0. The van der Waals surface area contributed by atoms with Gasteiger partial charge >= 0.3 is 0 Å². The number of unbranched alkanes of at least 4 members (excludes halogenated alkanes) is 3. The lowest BCUT2D eigenvalue weighted by atomic mass is 10.0. The van der Waals surface area contributed by atoms with Crippen LogP contribution in [0.2, 0.25) is 0 Å². The summed E-state index contributed by atoms with van der Waals surface area (Å²) in [5.74, 6) is 0.516. The van der Waals surface area contributed by atoms with Crippen molar-refractivity contribution in [2.24, 2.45) is 0 Å². The first kappa shape index (κ1) is 75.3. The van der Waals surface area contributed by atoms with Crippen LogP contribution in [0.5, 0.6) is 34.5 Å². The molecule has 0 bridgehead atoms. The molecule has 9 aromatic carbocycles. The van der Waals surface area contributed by atoms with Crippen LogP contribution >= 0.6 is 0 Å². The van der Waals surface area contributed by atoms with Gasteiger partial charge in [0.15, 0.2) is 0 Å². The molecule has 0 aliphatic heterocycles. The van der Waals surface area contributed by atoms with Crippen molar-refractivity contribution in [3.05, 3.63) is 286 Å². The van der Waals surface area contributed by atoms with E-state index in [1.165, 1.54) is 5.56 Å². The summed E-state index contributed by atoms with van der Waals surface area (Å²) < 4.78 is 11.8. The van der Waals surface area contributed by atoms with Crippen LogP contribution in [0.25, 0.3) is 32.7 Å². The van der Waals surface area contributed by atoms with E-state index in [2.05, 4.69) is 49.6 Å². The number of ether oxygens (including phenoxy) is 1. The normalized spacial score (nSPS) is 12.2. The number of carbonyl (C=O) groups is 1. The zero-order valence-corrected chi connectivity index (χ0v) is 59.3. The number of nitrogens with zero attached hydrogens (tertiary/aromatic N) is 3. The predicted octanol–water partition coefficient (Wildman–Crippen LogP) is 15.5. The zero-order chi connectivity index (χ0) is 72.6. The standard InChI is InChI=1S/C29H32N2O4.C29H34N2O3.C29H33NO4/c1-2-3-9-20-14-15-27(33)25(28(20)34)19-31-18-22(24-12-7-8-13-26(24)31)16-23(32)17-30-29(35)21-10-5-4-6-11-21;1-2-3-11-22-14-15-28(33)26(29(22)34)20-31-19-23(25-12-7-8-13-27(25)31)16-24(32)18-30-17-21-9-5-4-6-10-21;1-2-3-11-22-14-15-28(32)26(29(22)33)18-30-17-23(25-12-7-8-13-27(25)30)16-24(31)20-34-19-21-9-5-4-6-10-21/h4-8,10-15,18,23,32-34H,2-3,9,16-17,19H2,1H3,(H,30,35);4-10,12-15,19,24,30,32-34H,2-3,11,16-18,20H2,1H3;4-10,12-15,17,24,31-33H,2-3,11,16,18-20H2,1H3/t23-;2*24-/m000/s1. The molecule has 12 aromatic rings. The van der Waals surface area contributed by atoms with Crippen molar-refractivity contribution in [3.8, 4) is 34.5 Å². The van der Waals surface area contributed by atoms with Crippen LogP contribution in [-0.2, 0) is 76.0 Å². The van der Waals surface area contributed by atoms with Crippen molar-refractivity contribution >= 4 is 38.6 Å². The number of hydrogen-bond donors (Lipinski definition) is 11. The molecule has 0 saturated carbocycles. The van der Waals surface area contributed by atoms with E-state index in [-0.39, 0.29) is 53.6 Å². The first-order valence-electron chi connectivity index (χ1n) is 36.1. The van der Waals surface area contributed by atoms with E-state index in [4.69, 9.17) is 4.74 Å². The highest BCUT2D eigenvalue weighted by Gasteiger charge is 2.22. The molecule has 103 heavy (non-hydrogen) atoms. The van der Waals surface area contributed by atoms with Gasteiger partial charge in [0.2, 0.25) is 0 Å². The summed E-state index contributed by atoms with van der Waals surface area (Å²) in [6, 6.07) is 63.3. The second-order valence-corrected chi connectivity index (χ2v) is 26.7. The quantitative estimate of drug-likeness (QED) is 0.0189. The number of aromatic nitrogens is 3. The van der Waals surface area contributed by atoms with Crippen LogP contribution in [0.4, 0.5) is 0 Å². The zero-order valence-electron chi connectivity index (χ0n) is 59.3. The highest BCUT2D eigenvalue weighted by molar-refractivity contribution is 5.94. The maximum absolute atomic E-state index is 12.3. The van der Waals surface area contributed by atoms with E-state index >= 15 is 0 Å². The van der Waals surface area contributed by atoms with Gasteiger partial charge in [-0.1, -0.05) is 192 Å². The summed E-state index contributed by atoms with van der Waals surface area (Å²) in [5.41, 5.74) is 12.9. The summed E-state index contributed by atoms with van der Waals surface area (Å²) in [6.07, 6.45) is 13.8. The average Bonchev–Trinajstić information content (AvgIpc) is 1.68. The van der Waals surface area contributed by atoms with Gasteiger partial charge in [0.25, 0.3) is 5.91 Å². The number of aromatic hydroxyl groups is 6. The van der Waals surface area contributed by atoms with E-state index in [1.807, 2.05) is 160 Å². The molecule has 3 aromatic heterocycles. The van der Waals surface area contributed by atoms with Gasteiger partial charge in [-0.2, -0.15) is 0 Å². The van der Waals surface area contributed by atoms with E-state index in [0.717, 1.165) is 129 Å². The molecule has 0 aliphatic carbocycles. The molecule has 3 heterocycles. The molecule has 0 radical (unpaired) electrons. The number of carbonyl (C=O) groups excluding carboxylic acids is 1. The molecule has 0 aliphatic rings. The number of aliphatic hydroxyl groups excluding tert-OH is 3. The smallest absolute Gasteiger partial charge is 0.251 e. The molecule has 16 nitrogen and oxygen atoms in total. The molecule has 12 rings (SSSR count). The minimum atomic E-state index is -0.763. The third-order valence-corrected chi connectivity index (χ3v) is 18.9. The van der Waals surface area contributed by atoms with Crippen LogP contribution in [0.3, 0.4) is 0 Å². The lowest BCUT2D eigenvalue weighted by Gasteiger charge is -2.13. The Hall–Kier alpha value is -10.3. The third-order valence-electron chi connectivity index (χ3n) is 18.9. The SMILES string of the molecule is CCCCc1ccc(O)c(Cn2cc(C[C@H](O)CNC(=O)c3ccccc3)c3ccccc32)c1O.CCCCc1ccc(O)c(Cn2cc(C[C@H](O)CNCc3ccccc3)c3ccccc32)c1O.CCCCc1ccc(O)c(Cn2cc(C[C@H](O)COCc3ccccc3)c3ccccc32)c1O. The van der Waals surface area contributed by atoms with E-state index in [9.17, 15) is 50.8 Å². The van der Waals surface area contributed by atoms with Gasteiger partial charge in [0.05, 0.1) is 67.9 Å². The van der Waals surface area contributed by atoms with Crippen molar-refractivity contribution in [1.29, 1.82) is 0 Å². The number of benzene rings is 9. The fourth-order valence-corrected chi connectivity index (χ4v) is 13.3. The molecular weight excluding hydrogens is 1290 g/mol. The Labute approximate surface area is 604 Å². The van der Waals surface area contributed by atoms with Gasteiger partial charge in [-0.05, 0) is 132 Å². The lowest BCUT2D eigenvalue weighted by molar-refractivity contribution is 0.0290.